The Morgan fingerprint density at radius 2 is 1.83 bits per heavy atom. The van der Waals surface area contributed by atoms with Crippen LogP contribution < -0.4 is 10.6 Å². The van der Waals surface area contributed by atoms with E-state index in [1.54, 1.807) is 24.3 Å². The van der Waals surface area contributed by atoms with Crippen molar-refractivity contribution in [3.8, 4) is 6.07 Å². The predicted octanol–water partition coefficient (Wildman–Crippen LogP) is 0.826. The summed E-state index contributed by atoms with van der Waals surface area (Å²) in [6.45, 7) is 2.95. The minimum absolute atomic E-state index is 0.0514. The number of nitrogens with one attached hydrogen (secondary N) is 2. The van der Waals surface area contributed by atoms with Crippen molar-refractivity contribution in [1.29, 1.82) is 5.26 Å². The van der Waals surface area contributed by atoms with Crippen LogP contribution in [0.5, 0.6) is 0 Å². The van der Waals surface area contributed by atoms with E-state index in [1.165, 1.54) is 13.8 Å². The summed E-state index contributed by atoms with van der Waals surface area (Å²) in [7, 11) is -3.10. The highest BCUT2D eigenvalue weighted by atomic mass is 32.2. The van der Waals surface area contributed by atoms with E-state index >= 15 is 0 Å². The smallest absolute Gasteiger partial charge is 0.239 e. The minimum atomic E-state index is -3.10. The van der Waals surface area contributed by atoms with E-state index in [0.29, 0.717) is 17.7 Å². The van der Waals surface area contributed by atoms with Crippen LogP contribution in [0.1, 0.15) is 25.8 Å². The van der Waals surface area contributed by atoms with E-state index in [2.05, 4.69) is 10.6 Å². The van der Waals surface area contributed by atoms with Crippen LogP contribution in [0.2, 0.25) is 0 Å². The highest BCUT2D eigenvalue weighted by Crippen LogP contribution is 2.21. The lowest BCUT2D eigenvalue weighted by molar-refractivity contribution is -0.138. The van der Waals surface area contributed by atoms with Gasteiger partial charge >= 0.3 is 0 Å². The topological polar surface area (TPSA) is 116 Å². The van der Waals surface area contributed by atoms with Crippen LogP contribution in [0.4, 0.5) is 5.69 Å². The molecule has 1 aromatic rings. The molecule has 1 heterocycles. The summed E-state index contributed by atoms with van der Waals surface area (Å²) >= 11 is 0. The molecule has 2 rings (SSSR count). The number of rotatable bonds is 4. The van der Waals surface area contributed by atoms with Gasteiger partial charge in [-0.15, -0.1) is 0 Å². The molecule has 24 heavy (non-hydrogen) atoms. The summed E-state index contributed by atoms with van der Waals surface area (Å²) in [5.74, 6) is -1.07. The van der Waals surface area contributed by atoms with Gasteiger partial charge < -0.3 is 10.6 Å². The Balaban J connectivity index is 2.01. The van der Waals surface area contributed by atoms with Gasteiger partial charge in [0.15, 0.2) is 9.84 Å². The number of sulfone groups is 1. The van der Waals surface area contributed by atoms with Crippen LogP contribution in [0.3, 0.4) is 0 Å². The molecule has 0 radical (unpaired) electrons. The Morgan fingerprint density at radius 1 is 1.21 bits per heavy atom. The lowest BCUT2D eigenvalue weighted by Gasteiger charge is -2.24. The maximum absolute atomic E-state index is 12.4. The van der Waals surface area contributed by atoms with Gasteiger partial charge in [0.25, 0.3) is 0 Å². The monoisotopic (exact) mass is 349 g/mol. The minimum Gasteiger partial charge on any atom is -0.351 e. The highest BCUT2D eigenvalue weighted by molar-refractivity contribution is 7.91. The number of carbonyl (C=O) groups is 2. The standard InChI is InChI=1S/C16H19N3O4S/c1-16(2,15(21)19-13-7-8-24(22,23)10-13)14(20)18-12-5-3-11(9-17)4-6-12/h3-6,13H,7-8,10H2,1-2H3,(H,18,20)(H,19,21). The highest BCUT2D eigenvalue weighted by Gasteiger charge is 2.39. The first-order chi connectivity index (χ1) is 11.1. The van der Waals surface area contributed by atoms with Crippen molar-refractivity contribution >= 4 is 27.3 Å². The average Bonchev–Trinajstić information content (AvgIpc) is 2.86. The van der Waals surface area contributed by atoms with E-state index in [4.69, 9.17) is 5.26 Å². The molecule has 0 aromatic heterocycles. The van der Waals surface area contributed by atoms with Crippen LogP contribution >= 0.6 is 0 Å². The van der Waals surface area contributed by atoms with Crippen LogP contribution in [0.15, 0.2) is 24.3 Å². The predicted molar refractivity (Wildman–Crippen MR) is 88.8 cm³/mol. The van der Waals surface area contributed by atoms with Gasteiger partial charge in [-0.3, -0.25) is 9.59 Å². The van der Waals surface area contributed by atoms with Crippen molar-refractivity contribution in [3.05, 3.63) is 29.8 Å². The molecule has 0 spiro atoms. The number of amides is 2. The first kappa shape index (κ1) is 17.9. The molecule has 8 heteroatoms. The normalized spacial score (nSPS) is 19.3. The molecule has 7 nitrogen and oxygen atoms in total. The van der Waals surface area contributed by atoms with E-state index in [0.717, 1.165) is 0 Å². The van der Waals surface area contributed by atoms with E-state index in [1.807, 2.05) is 6.07 Å². The number of carbonyl (C=O) groups excluding carboxylic acids is 2. The summed E-state index contributed by atoms with van der Waals surface area (Å²) in [4.78, 5) is 24.7. The van der Waals surface area contributed by atoms with Crippen LogP contribution in [0.25, 0.3) is 0 Å². The summed E-state index contributed by atoms with van der Waals surface area (Å²) in [6, 6.07) is 7.80. The number of hydrogen-bond acceptors (Lipinski definition) is 5. The van der Waals surface area contributed by atoms with Crippen molar-refractivity contribution in [2.24, 2.45) is 5.41 Å². The van der Waals surface area contributed by atoms with Crippen LogP contribution in [-0.2, 0) is 19.4 Å². The van der Waals surface area contributed by atoms with Gasteiger partial charge in [0, 0.05) is 11.7 Å². The van der Waals surface area contributed by atoms with E-state index in [9.17, 15) is 18.0 Å². The first-order valence-corrected chi connectivity index (χ1v) is 9.29. The maximum atomic E-state index is 12.4. The van der Waals surface area contributed by atoms with Gasteiger partial charge in [0.05, 0.1) is 23.1 Å². The molecule has 1 saturated heterocycles. The summed E-state index contributed by atoms with van der Waals surface area (Å²) in [5, 5.41) is 14.0. The molecule has 0 aliphatic carbocycles. The summed E-state index contributed by atoms with van der Waals surface area (Å²) in [6.07, 6.45) is 0.362. The fourth-order valence-electron chi connectivity index (χ4n) is 2.29. The molecule has 2 amide bonds. The van der Waals surface area contributed by atoms with Gasteiger partial charge in [-0.1, -0.05) is 0 Å². The molecular formula is C16H19N3O4S. The van der Waals surface area contributed by atoms with Crippen LogP contribution in [0, 0.1) is 16.7 Å². The third kappa shape index (κ3) is 4.11. The Bertz CT molecular complexity index is 792. The lowest BCUT2D eigenvalue weighted by atomic mass is 9.90. The first-order valence-electron chi connectivity index (χ1n) is 7.47. The Hall–Kier alpha value is -2.40. The number of benzene rings is 1. The van der Waals surface area contributed by atoms with E-state index < -0.39 is 33.1 Å². The fraction of sp³-hybridized carbons (Fsp3) is 0.438. The quantitative estimate of drug-likeness (QED) is 0.781. The van der Waals surface area contributed by atoms with Crippen LogP contribution in [-0.4, -0.2) is 37.8 Å². The molecule has 0 saturated carbocycles. The molecule has 1 unspecified atom stereocenters. The Kier molecular flexibility index (Phi) is 4.94. The van der Waals surface area contributed by atoms with Gasteiger partial charge in [0.1, 0.15) is 5.41 Å². The average molecular weight is 349 g/mol. The van der Waals surface area contributed by atoms with Gasteiger partial charge in [-0.25, -0.2) is 8.42 Å². The third-order valence-electron chi connectivity index (χ3n) is 3.97. The van der Waals surface area contributed by atoms with Crippen molar-refractivity contribution in [2.45, 2.75) is 26.3 Å². The van der Waals surface area contributed by atoms with Gasteiger partial charge in [-0.2, -0.15) is 5.26 Å². The molecule has 1 aromatic carbocycles. The van der Waals surface area contributed by atoms with Crippen molar-refractivity contribution in [2.75, 3.05) is 16.8 Å². The molecule has 1 fully saturated rings. The number of nitrogens with zero attached hydrogens (tertiary/aromatic N) is 1. The zero-order chi connectivity index (χ0) is 18.0. The largest absolute Gasteiger partial charge is 0.351 e. The second-order valence-corrected chi connectivity index (χ2v) is 8.57. The maximum Gasteiger partial charge on any atom is 0.239 e. The second-order valence-electron chi connectivity index (χ2n) is 6.34. The Morgan fingerprint density at radius 3 is 2.33 bits per heavy atom. The molecule has 1 aliphatic rings. The molecule has 1 aliphatic heterocycles. The molecule has 128 valence electrons. The molecule has 1 atom stereocenters. The Labute approximate surface area is 141 Å². The van der Waals surface area contributed by atoms with Crippen molar-refractivity contribution in [3.63, 3.8) is 0 Å². The zero-order valence-corrected chi connectivity index (χ0v) is 14.3. The van der Waals surface area contributed by atoms with Gasteiger partial charge in [0.2, 0.25) is 11.8 Å². The number of nitriles is 1. The van der Waals surface area contributed by atoms with Crippen molar-refractivity contribution in [1.82, 2.24) is 5.32 Å². The third-order valence-corrected chi connectivity index (χ3v) is 5.74. The van der Waals surface area contributed by atoms with E-state index in [-0.39, 0.29) is 11.5 Å². The summed E-state index contributed by atoms with van der Waals surface area (Å²) in [5.41, 5.74) is -0.420. The molecular weight excluding hydrogens is 330 g/mol. The molecule has 0 bridgehead atoms. The summed E-state index contributed by atoms with van der Waals surface area (Å²) < 4.78 is 22.9. The lowest BCUT2D eigenvalue weighted by Crippen LogP contribution is -2.48. The van der Waals surface area contributed by atoms with Crippen molar-refractivity contribution < 1.29 is 18.0 Å². The second kappa shape index (κ2) is 6.61. The van der Waals surface area contributed by atoms with Gasteiger partial charge in [-0.05, 0) is 44.5 Å². The zero-order valence-electron chi connectivity index (χ0n) is 13.5. The number of anilines is 1. The molecule has 2 N–H and O–H groups in total. The fourth-order valence-corrected chi connectivity index (χ4v) is 3.97. The number of hydrogen-bond donors (Lipinski definition) is 2. The SMILES string of the molecule is CC(C)(C(=O)Nc1ccc(C#N)cc1)C(=O)NC1CCS(=O)(=O)C1.